The molecule has 0 saturated heterocycles. The normalized spacial score (nSPS) is 16.7. The molecule has 1 aliphatic carbocycles. The first kappa shape index (κ1) is 17.9. The summed E-state index contributed by atoms with van der Waals surface area (Å²) >= 11 is 0. The van der Waals surface area contributed by atoms with Gasteiger partial charge in [0.05, 0.1) is 0 Å². The van der Waals surface area contributed by atoms with Gasteiger partial charge in [0.2, 0.25) is 0 Å². The smallest absolute Gasteiger partial charge is 0.0776 e. The fourth-order valence-corrected chi connectivity index (χ4v) is 8.23. The Morgan fingerprint density at radius 1 is 0.880 bits per heavy atom. The van der Waals surface area contributed by atoms with E-state index in [-0.39, 0.29) is 0 Å². The summed E-state index contributed by atoms with van der Waals surface area (Å²) in [6.07, 6.45) is 7.26. The monoisotopic (exact) mass is 346 g/mol. The molecule has 0 amide bonds. The number of benzene rings is 2. The van der Waals surface area contributed by atoms with E-state index in [0.29, 0.717) is 0 Å². The van der Waals surface area contributed by atoms with Crippen LogP contribution in [0.15, 0.2) is 77.0 Å². The van der Waals surface area contributed by atoms with Gasteiger partial charge in [0, 0.05) is 0 Å². The summed E-state index contributed by atoms with van der Waals surface area (Å²) in [5.74, 6) is 0. The Morgan fingerprint density at radius 3 is 2.08 bits per heavy atom. The maximum absolute atomic E-state index is 2.54. The molecule has 0 saturated carbocycles. The molecular formula is C24H30Si. The average molecular weight is 347 g/mol. The zero-order valence-electron chi connectivity index (χ0n) is 16.1. The molecule has 0 bridgehead atoms. The Bertz CT molecular complexity index is 781. The van der Waals surface area contributed by atoms with Gasteiger partial charge in [-0.1, -0.05) is 96.9 Å². The Morgan fingerprint density at radius 2 is 1.52 bits per heavy atom. The molecule has 0 aromatic heterocycles. The summed E-state index contributed by atoms with van der Waals surface area (Å²) < 4.78 is 0. The summed E-state index contributed by atoms with van der Waals surface area (Å²) in [5, 5.41) is 4.74. The number of unbranched alkanes of at least 4 members (excludes halogenated alkanes) is 1. The van der Waals surface area contributed by atoms with Crippen LogP contribution in [0.4, 0.5) is 0 Å². The molecule has 0 N–H and O–H groups in total. The van der Waals surface area contributed by atoms with Crippen LogP contribution in [0.1, 0.15) is 45.6 Å². The van der Waals surface area contributed by atoms with Crippen molar-refractivity contribution in [3.8, 4) is 0 Å². The molecule has 1 atom stereocenters. The third-order valence-electron chi connectivity index (χ3n) is 5.96. The maximum atomic E-state index is 2.54. The SMILES string of the molecule is CCCCc1ccc([Si](C)(C2=C(C)C(C)=CC2)c2ccccc2)cc1. The number of rotatable bonds is 6. The molecule has 25 heavy (non-hydrogen) atoms. The maximum Gasteiger partial charge on any atom is 0.141 e. The van der Waals surface area contributed by atoms with Gasteiger partial charge in [0.25, 0.3) is 0 Å². The minimum Gasteiger partial charge on any atom is -0.0776 e. The highest BCUT2D eigenvalue weighted by Crippen LogP contribution is 2.32. The minimum absolute atomic E-state index is 1.12. The van der Waals surface area contributed by atoms with Gasteiger partial charge in [-0.15, -0.1) is 0 Å². The van der Waals surface area contributed by atoms with E-state index in [9.17, 15) is 0 Å². The van der Waals surface area contributed by atoms with Crippen LogP contribution in [0.3, 0.4) is 0 Å². The minimum atomic E-state index is -1.90. The van der Waals surface area contributed by atoms with Crippen molar-refractivity contribution >= 4 is 18.4 Å². The first-order chi connectivity index (χ1) is 12.1. The van der Waals surface area contributed by atoms with Gasteiger partial charge in [-0.3, -0.25) is 0 Å². The Labute approximate surface area is 154 Å². The Balaban J connectivity index is 2.07. The largest absolute Gasteiger partial charge is 0.141 e. The lowest BCUT2D eigenvalue weighted by molar-refractivity contribution is 0.795. The number of hydrogen-bond donors (Lipinski definition) is 0. The summed E-state index contributed by atoms with van der Waals surface area (Å²) in [5.41, 5.74) is 4.46. The van der Waals surface area contributed by atoms with Gasteiger partial charge in [-0.05, 0) is 49.0 Å². The molecule has 1 heteroatoms. The highest BCUT2D eigenvalue weighted by atomic mass is 28.3. The third-order valence-corrected chi connectivity index (χ3v) is 10.7. The van der Waals surface area contributed by atoms with Gasteiger partial charge < -0.3 is 0 Å². The number of aryl methyl sites for hydroxylation is 1. The number of hydrogen-bond acceptors (Lipinski definition) is 0. The van der Waals surface area contributed by atoms with E-state index in [1.54, 1.807) is 5.20 Å². The molecule has 0 nitrogen and oxygen atoms in total. The molecule has 1 aliphatic rings. The van der Waals surface area contributed by atoms with Crippen molar-refractivity contribution in [1.29, 1.82) is 0 Å². The van der Waals surface area contributed by atoms with Gasteiger partial charge in [-0.2, -0.15) is 0 Å². The summed E-state index contributed by atoms with van der Waals surface area (Å²) in [7, 11) is -1.90. The second kappa shape index (κ2) is 7.57. The van der Waals surface area contributed by atoms with E-state index >= 15 is 0 Å². The zero-order valence-corrected chi connectivity index (χ0v) is 17.1. The summed E-state index contributed by atoms with van der Waals surface area (Å²) in [4.78, 5) is 0. The molecule has 1 unspecified atom stereocenters. The van der Waals surface area contributed by atoms with Crippen molar-refractivity contribution in [3.63, 3.8) is 0 Å². The Hall–Kier alpha value is -1.86. The van der Waals surface area contributed by atoms with E-state index in [2.05, 4.69) is 88.0 Å². The standard InChI is InChI=1S/C24H30Si/c1-5-6-10-21-14-16-23(17-15-21)25(4,22-11-8-7-9-12-22)24-18-13-19(2)20(24)3/h7-9,11-17H,5-6,10,18H2,1-4H3. The van der Waals surface area contributed by atoms with Crippen LogP contribution in [-0.4, -0.2) is 8.07 Å². The van der Waals surface area contributed by atoms with Gasteiger partial charge >= 0.3 is 0 Å². The molecule has 0 spiro atoms. The Kier molecular flexibility index (Phi) is 5.44. The van der Waals surface area contributed by atoms with E-state index < -0.39 is 8.07 Å². The average Bonchev–Trinajstić information content (AvgIpc) is 3.00. The van der Waals surface area contributed by atoms with E-state index in [1.807, 2.05) is 0 Å². The summed E-state index contributed by atoms with van der Waals surface area (Å²) in [6.45, 7) is 9.38. The van der Waals surface area contributed by atoms with Gasteiger partial charge in [0.15, 0.2) is 0 Å². The van der Waals surface area contributed by atoms with Crippen molar-refractivity contribution in [1.82, 2.24) is 0 Å². The molecule has 3 rings (SSSR count). The second-order valence-electron chi connectivity index (χ2n) is 7.49. The number of allylic oxidation sites excluding steroid dienone is 4. The lowest BCUT2D eigenvalue weighted by Crippen LogP contribution is -2.57. The van der Waals surface area contributed by atoms with E-state index in [1.165, 1.54) is 46.3 Å². The van der Waals surface area contributed by atoms with Crippen molar-refractivity contribution in [2.75, 3.05) is 0 Å². The second-order valence-corrected chi connectivity index (χ2v) is 11.5. The molecule has 0 radical (unpaired) electrons. The van der Waals surface area contributed by atoms with Crippen LogP contribution < -0.4 is 10.4 Å². The zero-order chi connectivity index (χ0) is 17.9. The van der Waals surface area contributed by atoms with E-state index in [0.717, 1.165) is 6.42 Å². The predicted molar refractivity (Wildman–Crippen MR) is 113 cm³/mol. The fourth-order valence-electron chi connectivity index (χ4n) is 4.05. The van der Waals surface area contributed by atoms with Crippen molar-refractivity contribution < 1.29 is 0 Å². The molecule has 2 aromatic rings. The first-order valence-corrected chi connectivity index (χ1v) is 12.1. The van der Waals surface area contributed by atoms with Crippen LogP contribution in [-0.2, 0) is 6.42 Å². The van der Waals surface area contributed by atoms with Gasteiger partial charge in [0.1, 0.15) is 8.07 Å². The molecule has 130 valence electrons. The van der Waals surface area contributed by atoms with Crippen molar-refractivity contribution in [2.45, 2.75) is 53.0 Å². The predicted octanol–water partition coefficient (Wildman–Crippen LogP) is 5.43. The van der Waals surface area contributed by atoms with Crippen molar-refractivity contribution in [3.05, 3.63) is 82.6 Å². The lowest BCUT2D eigenvalue weighted by Gasteiger charge is -2.32. The van der Waals surface area contributed by atoms with Crippen molar-refractivity contribution in [2.24, 2.45) is 0 Å². The lowest BCUT2D eigenvalue weighted by atomic mass is 10.1. The molecular weight excluding hydrogens is 316 g/mol. The van der Waals surface area contributed by atoms with Crippen LogP contribution in [0.2, 0.25) is 6.55 Å². The van der Waals surface area contributed by atoms with E-state index in [4.69, 9.17) is 0 Å². The highest BCUT2D eigenvalue weighted by Gasteiger charge is 2.38. The van der Waals surface area contributed by atoms with Crippen LogP contribution >= 0.6 is 0 Å². The fraction of sp³-hybridized carbons (Fsp3) is 0.333. The van der Waals surface area contributed by atoms with Crippen LogP contribution in [0.25, 0.3) is 0 Å². The molecule has 0 aliphatic heterocycles. The van der Waals surface area contributed by atoms with Gasteiger partial charge in [-0.25, -0.2) is 0 Å². The quantitative estimate of drug-likeness (QED) is 0.612. The topological polar surface area (TPSA) is 0 Å². The first-order valence-electron chi connectivity index (χ1n) is 9.59. The molecule has 0 fully saturated rings. The molecule has 0 heterocycles. The van der Waals surface area contributed by atoms with Crippen LogP contribution in [0.5, 0.6) is 0 Å². The highest BCUT2D eigenvalue weighted by molar-refractivity contribution is 7.06. The summed E-state index contributed by atoms with van der Waals surface area (Å²) in [6, 6.07) is 20.8. The molecule has 2 aromatic carbocycles. The third kappa shape index (κ3) is 3.43. The van der Waals surface area contributed by atoms with Crippen LogP contribution in [0, 0.1) is 0 Å².